The highest BCUT2D eigenvalue weighted by Crippen LogP contribution is 2.25. The van der Waals surface area contributed by atoms with Gasteiger partial charge in [-0.3, -0.25) is 5.43 Å². The molecule has 0 saturated carbocycles. The molecule has 0 radical (unpaired) electrons. The van der Waals surface area contributed by atoms with E-state index in [-0.39, 0.29) is 0 Å². The van der Waals surface area contributed by atoms with E-state index in [9.17, 15) is 0 Å². The minimum absolute atomic E-state index is 0.769. The second-order valence-corrected chi connectivity index (χ2v) is 6.60. The zero-order valence-corrected chi connectivity index (χ0v) is 15.0. The predicted molar refractivity (Wildman–Crippen MR) is 109 cm³/mol. The van der Waals surface area contributed by atoms with Gasteiger partial charge in [-0.2, -0.15) is 5.10 Å². The van der Waals surface area contributed by atoms with Crippen LogP contribution in [0.3, 0.4) is 0 Å². The van der Waals surface area contributed by atoms with Gasteiger partial charge in [-0.25, -0.2) is 4.98 Å². The zero-order valence-electron chi connectivity index (χ0n) is 14.2. The summed E-state index contributed by atoms with van der Waals surface area (Å²) in [4.78, 5) is 4.56. The average molecular weight is 359 g/mol. The molecule has 5 heteroatoms. The second kappa shape index (κ2) is 7.37. The number of nitrogens with one attached hydrogen (secondary N) is 1. The number of anilines is 1. The van der Waals surface area contributed by atoms with E-state index >= 15 is 0 Å². The van der Waals surface area contributed by atoms with Crippen LogP contribution in [0, 0.1) is 0 Å². The lowest BCUT2D eigenvalue weighted by atomic mass is 10.1. The third-order valence-electron chi connectivity index (χ3n) is 4.02. The molecular weight excluding hydrogens is 342 g/mol. The van der Waals surface area contributed by atoms with Crippen molar-refractivity contribution in [3.05, 3.63) is 77.7 Å². The molecule has 0 aliphatic heterocycles. The van der Waals surface area contributed by atoms with Crippen molar-refractivity contribution in [3.63, 3.8) is 0 Å². The summed E-state index contributed by atoms with van der Waals surface area (Å²) in [5.41, 5.74) is 6.08. The summed E-state index contributed by atoms with van der Waals surface area (Å²) in [6.07, 6.45) is 1.80. The number of hydrogen-bond donors (Lipinski definition) is 1. The van der Waals surface area contributed by atoms with Crippen LogP contribution in [0.4, 0.5) is 5.13 Å². The molecule has 0 spiro atoms. The van der Waals surface area contributed by atoms with Crippen molar-refractivity contribution >= 4 is 33.5 Å². The number of benzene rings is 3. The molecule has 3 aromatic carbocycles. The second-order valence-electron chi connectivity index (χ2n) is 5.75. The van der Waals surface area contributed by atoms with E-state index in [4.69, 9.17) is 4.74 Å². The Morgan fingerprint density at radius 3 is 2.65 bits per heavy atom. The van der Waals surface area contributed by atoms with Crippen LogP contribution in [0.15, 0.2) is 77.2 Å². The van der Waals surface area contributed by atoms with Crippen LogP contribution in [0.25, 0.3) is 22.0 Å². The SMILES string of the molecule is COc1ccc2cc(/C=N/Nc3nc(-c4ccccc4)cs3)ccc2c1. The minimum Gasteiger partial charge on any atom is -0.497 e. The van der Waals surface area contributed by atoms with E-state index in [1.807, 2.05) is 60.0 Å². The molecule has 0 unspecified atom stereocenters. The smallest absolute Gasteiger partial charge is 0.203 e. The fourth-order valence-electron chi connectivity index (χ4n) is 2.68. The molecule has 0 atom stereocenters. The summed E-state index contributed by atoms with van der Waals surface area (Å²) >= 11 is 1.54. The van der Waals surface area contributed by atoms with Gasteiger partial charge in [-0.15, -0.1) is 11.3 Å². The Morgan fingerprint density at radius 1 is 1.00 bits per heavy atom. The van der Waals surface area contributed by atoms with Crippen molar-refractivity contribution < 1.29 is 4.74 Å². The Kier molecular flexibility index (Phi) is 4.62. The maximum Gasteiger partial charge on any atom is 0.203 e. The highest BCUT2D eigenvalue weighted by molar-refractivity contribution is 7.14. The van der Waals surface area contributed by atoms with Gasteiger partial charge in [0.25, 0.3) is 0 Å². The van der Waals surface area contributed by atoms with Gasteiger partial charge in [-0.1, -0.05) is 48.5 Å². The Bertz CT molecular complexity index is 1060. The largest absolute Gasteiger partial charge is 0.497 e. The summed E-state index contributed by atoms with van der Waals surface area (Å²) in [7, 11) is 1.68. The van der Waals surface area contributed by atoms with Gasteiger partial charge in [0.15, 0.2) is 0 Å². The van der Waals surface area contributed by atoms with Crippen LogP contribution >= 0.6 is 11.3 Å². The van der Waals surface area contributed by atoms with Crippen molar-refractivity contribution in [1.82, 2.24) is 4.98 Å². The van der Waals surface area contributed by atoms with Crippen LogP contribution in [0.2, 0.25) is 0 Å². The molecule has 1 heterocycles. The quantitative estimate of drug-likeness (QED) is 0.382. The van der Waals surface area contributed by atoms with Crippen LogP contribution in [-0.2, 0) is 0 Å². The molecule has 0 amide bonds. The zero-order chi connectivity index (χ0) is 17.8. The number of ether oxygens (including phenoxy) is 1. The highest BCUT2D eigenvalue weighted by atomic mass is 32.1. The van der Waals surface area contributed by atoms with Crippen molar-refractivity contribution in [2.75, 3.05) is 12.5 Å². The first kappa shape index (κ1) is 16.3. The summed E-state index contributed by atoms with van der Waals surface area (Å²) < 4.78 is 5.26. The lowest BCUT2D eigenvalue weighted by Crippen LogP contribution is -1.90. The molecule has 0 saturated heterocycles. The van der Waals surface area contributed by atoms with Crippen molar-refractivity contribution in [2.45, 2.75) is 0 Å². The van der Waals surface area contributed by atoms with Crippen molar-refractivity contribution in [2.24, 2.45) is 5.10 Å². The number of thiazole rings is 1. The summed E-state index contributed by atoms with van der Waals surface area (Å²) in [5, 5.41) is 9.39. The summed E-state index contributed by atoms with van der Waals surface area (Å²) in [6, 6.07) is 22.3. The van der Waals surface area contributed by atoms with Gasteiger partial charge in [0.1, 0.15) is 5.75 Å². The third kappa shape index (κ3) is 3.58. The average Bonchev–Trinajstić information content (AvgIpc) is 3.17. The number of aromatic nitrogens is 1. The minimum atomic E-state index is 0.769. The number of hydrazone groups is 1. The van der Waals surface area contributed by atoms with Crippen LogP contribution in [-0.4, -0.2) is 18.3 Å². The topological polar surface area (TPSA) is 46.5 Å². The van der Waals surface area contributed by atoms with E-state index in [2.05, 4.69) is 27.6 Å². The number of hydrogen-bond acceptors (Lipinski definition) is 5. The van der Waals surface area contributed by atoms with Crippen LogP contribution in [0.1, 0.15) is 5.56 Å². The molecule has 4 aromatic rings. The Labute approximate surface area is 155 Å². The molecule has 0 aliphatic rings. The third-order valence-corrected chi connectivity index (χ3v) is 4.77. The molecule has 4 nitrogen and oxygen atoms in total. The Morgan fingerprint density at radius 2 is 1.81 bits per heavy atom. The molecule has 1 aromatic heterocycles. The van der Waals surface area contributed by atoms with Crippen LogP contribution < -0.4 is 10.2 Å². The van der Waals surface area contributed by atoms with Gasteiger partial charge < -0.3 is 4.74 Å². The van der Waals surface area contributed by atoms with Crippen LogP contribution in [0.5, 0.6) is 5.75 Å². The van der Waals surface area contributed by atoms with Gasteiger partial charge >= 0.3 is 0 Å². The molecule has 26 heavy (non-hydrogen) atoms. The van der Waals surface area contributed by atoms with Gasteiger partial charge in [0.2, 0.25) is 5.13 Å². The summed E-state index contributed by atoms with van der Waals surface area (Å²) in [5.74, 6) is 0.860. The lowest BCUT2D eigenvalue weighted by Gasteiger charge is -2.03. The molecule has 0 fully saturated rings. The van der Waals surface area contributed by atoms with Crippen molar-refractivity contribution in [1.29, 1.82) is 0 Å². The Balaban J connectivity index is 1.47. The van der Waals surface area contributed by atoms with E-state index < -0.39 is 0 Å². The molecule has 0 bridgehead atoms. The molecule has 128 valence electrons. The van der Waals surface area contributed by atoms with Gasteiger partial charge in [-0.05, 0) is 34.5 Å². The normalized spacial score (nSPS) is 11.1. The van der Waals surface area contributed by atoms with Gasteiger partial charge in [0, 0.05) is 10.9 Å². The van der Waals surface area contributed by atoms with E-state index in [0.29, 0.717) is 0 Å². The first-order valence-corrected chi connectivity index (χ1v) is 9.07. The summed E-state index contributed by atoms with van der Waals surface area (Å²) in [6.45, 7) is 0. The predicted octanol–water partition coefficient (Wildman–Crippen LogP) is 5.42. The van der Waals surface area contributed by atoms with E-state index in [1.54, 1.807) is 13.3 Å². The number of nitrogens with zero attached hydrogens (tertiary/aromatic N) is 2. The first-order valence-electron chi connectivity index (χ1n) is 8.20. The lowest BCUT2D eigenvalue weighted by molar-refractivity contribution is 0.415. The number of fused-ring (bicyclic) bond motifs is 1. The maximum atomic E-state index is 5.26. The maximum absolute atomic E-state index is 5.26. The molecule has 0 aliphatic carbocycles. The Hall–Kier alpha value is -3.18. The molecule has 1 N–H and O–H groups in total. The van der Waals surface area contributed by atoms with Crippen molar-refractivity contribution in [3.8, 4) is 17.0 Å². The standard InChI is InChI=1S/C21H17N3OS/c1-25-19-10-9-17-11-15(7-8-18(17)12-19)13-22-24-21-23-20(14-26-21)16-5-3-2-4-6-16/h2-14H,1H3,(H,23,24)/b22-13+. The monoisotopic (exact) mass is 359 g/mol. The van der Waals surface area contributed by atoms with Gasteiger partial charge in [0.05, 0.1) is 19.0 Å². The number of methoxy groups -OCH3 is 1. The fourth-order valence-corrected chi connectivity index (χ4v) is 3.35. The highest BCUT2D eigenvalue weighted by Gasteiger charge is 2.03. The molecule has 4 rings (SSSR count). The van der Waals surface area contributed by atoms with E-state index in [0.717, 1.165) is 38.5 Å². The van der Waals surface area contributed by atoms with E-state index in [1.165, 1.54) is 11.3 Å². The fraction of sp³-hybridized carbons (Fsp3) is 0.0476. The first-order chi connectivity index (χ1) is 12.8. The number of rotatable bonds is 5. The molecular formula is C21H17N3OS.